The van der Waals surface area contributed by atoms with E-state index in [1.165, 1.54) is 16.3 Å². The van der Waals surface area contributed by atoms with Crippen molar-refractivity contribution in [2.24, 2.45) is 0 Å². The number of para-hydroxylation sites is 1. The van der Waals surface area contributed by atoms with Crippen LogP contribution in [0.25, 0.3) is 5.65 Å². The van der Waals surface area contributed by atoms with Crippen molar-refractivity contribution in [3.63, 3.8) is 0 Å². The molecule has 0 aliphatic carbocycles. The number of benzene rings is 2. The Balaban J connectivity index is 1.51. The lowest BCUT2D eigenvalue weighted by Gasteiger charge is -2.20. The summed E-state index contributed by atoms with van der Waals surface area (Å²) in [7, 11) is 1.83. The first-order valence-electron chi connectivity index (χ1n) is 9.73. The van der Waals surface area contributed by atoms with Crippen molar-refractivity contribution in [1.29, 1.82) is 0 Å². The molecule has 0 aliphatic heterocycles. The summed E-state index contributed by atoms with van der Waals surface area (Å²) in [6.45, 7) is 2.54. The SMILES string of the molecule is Cc1ccc(CCNC(=O)c2cnn3c(O)c(N(C)c4ccccc4)cnc23)cc1. The Labute approximate surface area is 174 Å². The van der Waals surface area contributed by atoms with Crippen LogP contribution < -0.4 is 10.2 Å². The predicted molar refractivity (Wildman–Crippen MR) is 116 cm³/mol. The summed E-state index contributed by atoms with van der Waals surface area (Å²) in [6, 6.07) is 17.8. The highest BCUT2D eigenvalue weighted by Crippen LogP contribution is 2.31. The number of anilines is 2. The Kier molecular flexibility index (Phi) is 5.34. The molecule has 0 fully saturated rings. The van der Waals surface area contributed by atoms with Crippen molar-refractivity contribution < 1.29 is 9.90 Å². The first-order valence-corrected chi connectivity index (χ1v) is 9.73. The van der Waals surface area contributed by atoms with Gasteiger partial charge in [-0.1, -0.05) is 48.0 Å². The fourth-order valence-electron chi connectivity index (χ4n) is 3.27. The molecule has 4 aromatic rings. The van der Waals surface area contributed by atoms with Crippen LogP contribution in [0.15, 0.2) is 67.0 Å². The van der Waals surface area contributed by atoms with Crippen LogP contribution in [-0.2, 0) is 6.42 Å². The molecule has 152 valence electrons. The van der Waals surface area contributed by atoms with Gasteiger partial charge in [0.2, 0.25) is 5.88 Å². The van der Waals surface area contributed by atoms with E-state index in [1.807, 2.05) is 49.2 Å². The van der Waals surface area contributed by atoms with Gasteiger partial charge in [0.05, 0.1) is 12.4 Å². The summed E-state index contributed by atoms with van der Waals surface area (Å²) in [4.78, 5) is 18.8. The second-order valence-corrected chi connectivity index (χ2v) is 7.15. The molecule has 0 bridgehead atoms. The zero-order valence-corrected chi connectivity index (χ0v) is 16.9. The molecule has 2 heterocycles. The zero-order chi connectivity index (χ0) is 21.1. The highest BCUT2D eigenvalue weighted by atomic mass is 16.3. The van der Waals surface area contributed by atoms with E-state index in [4.69, 9.17) is 0 Å². The van der Waals surface area contributed by atoms with Gasteiger partial charge < -0.3 is 15.3 Å². The van der Waals surface area contributed by atoms with Crippen molar-refractivity contribution in [3.05, 3.63) is 83.7 Å². The molecule has 4 rings (SSSR count). The second kappa shape index (κ2) is 8.24. The Morgan fingerprint density at radius 1 is 1.10 bits per heavy atom. The van der Waals surface area contributed by atoms with E-state index in [0.717, 1.165) is 17.7 Å². The minimum atomic E-state index is -0.270. The van der Waals surface area contributed by atoms with Gasteiger partial charge in [-0.25, -0.2) is 4.98 Å². The van der Waals surface area contributed by atoms with Crippen molar-refractivity contribution in [2.75, 3.05) is 18.5 Å². The van der Waals surface area contributed by atoms with Crippen molar-refractivity contribution in [2.45, 2.75) is 13.3 Å². The number of aromatic nitrogens is 3. The maximum atomic E-state index is 12.6. The normalized spacial score (nSPS) is 10.9. The molecule has 2 N–H and O–H groups in total. The number of hydrogen-bond donors (Lipinski definition) is 2. The number of carbonyl (C=O) groups is 1. The van der Waals surface area contributed by atoms with Gasteiger partial charge in [0.15, 0.2) is 5.65 Å². The minimum Gasteiger partial charge on any atom is -0.492 e. The molecule has 0 unspecified atom stereocenters. The first kappa shape index (κ1) is 19.4. The topological polar surface area (TPSA) is 82.8 Å². The summed E-state index contributed by atoms with van der Waals surface area (Å²) >= 11 is 0. The molecule has 0 radical (unpaired) electrons. The summed E-state index contributed by atoms with van der Waals surface area (Å²) in [6.07, 6.45) is 3.70. The van der Waals surface area contributed by atoms with Crippen LogP contribution in [0.4, 0.5) is 11.4 Å². The molecule has 0 spiro atoms. The molecule has 2 aromatic heterocycles. The predicted octanol–water partition coefficient (Wildman–Crippen LogP) is 3.48. The third kappa shape index (κ3) is 3.82. The third-order valence-electron chi connectivity index (χ3n) is 5.05. The highest BCUT2D eigenvalue weighted by molar-refractivity contribution is 5.99. The van der Waals surface area contributed by atoms with Gasteiger partial charge in [0.25, 0.3) is 5.91 Å². The molecular weight excluding hydrogens is 378 g/mol. The quantitative estimate of drug-likeness (QED) is 0.517. The van der Waals surface area contributed by atoms with Gasteiger partial charge in [-0.2, -0.15) is 9.61 Å². The standard InChI is InChI=1S/C23H23N5O2/c1-16-8-10-17(11-9-16)12-13-24-22(29)19-14-26-28-21(19)25-15-20(23(28)30)27(2)18-6-4-3-5-7-18/h3-11,14-15,30H,12-13H2,1-2H3,(H,24,29). The third-order valence-corrected chi connectivity index (χ3v) is 5.05. The van der Waals surface area contributed by atoms with E-state index in [0.29, 0.717) is 23.4 Å². The van der Waals surface area contributed by atoms with Crippen molar-refractivity contribution in [1.82, 2.24) is 19.9 Å². The summed E-state index contributed by atoms with van der Waals surface area (Å²) in [5.74, 6) is -0.349. The maximum absolute atomic E-state index is 12.6. The highest BCUT2D eigenvalue weighted by Gasteiger charge is 2.19. The van der Waals surface area contributed by atoms with Gasteiger partial charge in [-0.3, -0.25) is 4.79 Å². The number of aromatic hydroxyl groups is 1. The second-order valence-electron chi connectivity index (χ2n) is 7.15. The maximum Gasteiger partial charge on any atom is 0.256 e. The summed E-state index contributed by atoms with van der Waals surface area (Å²) < 4.78 is 1.28. The largest absolute Gasteiger partial charge is 0.492 e. The zero-order valence-electron chi connectivity index (χ0n) is 16.9. The number of fused-ring (bicyclic) bond motifs is 1. The molecule has 0 aliphatic rings. The fourth-order valence-corrected chi connectivity index (χ4v) is 3.27. The van der Waals surface area contributed by atoms with E-state index >= 15 is 0 Å². The van der Waals surface area contributed by atoms with Crippen molar-refractivity contribution >= 4 is 22.9 Å². The molecule has 7 nitrogen and oxygen atoms in total. The molecular formula is C23H23N5O2. The average molecular weight is 401 g/mol. The van der Waals surface area contributed by atoms with Crippen LogP contribution in [0, 0.1) is 6.92 Å². The number of carbonyl (C=O) groups excluding carboxylic acids is 1. The molecule has 30 heavy (non-hydrogen) atoms. The van der Waals surface area contributed by atoms with E-state index in [2.05, 4.69) is 39.7 Å². The van der Waals surface area contributed by atoms with Crippen LogP contribution in [0.2, 0.25) is 0 Å². The number of amides is 1. The Morgan fingerprint density at radius 3 is 2.57 bits per heavy atom. The fraction of sp³-hybridized carbons (Fsp3) is 0.174. The van der Waals surface area contributed by atoms with Crippen LogP contribution in [0.5, 0.6) is 5.88 Å². The molecule has 7 heteroatoms. The van der Waals surface area contributed by atoms with Crippen LogP contribution in [0.3, 0.4) is 0 Å². The van der Waals surface area contributed by atoms with Gasteiger partial charge in [0.1, 0.15) is 11.3 Å². The molecule has 0 saturated carbocycles. The van der Waals surface area contributed by atoms with E-state index < -0.39 is 0 Å². The molecule has 0 saturated heterocycles. The summed E-state index contributed by atoms with van der Waals surface area (Å²) in [5, 5.41) is 17.8. The van der Waals surface area contributed by atoms with Gasteiger partial charge in [-0.15, -0.1) is 0 Å². The lowest BCUT2D eigenvalue weighted by molar-refractivity contribution is 0.0955. The monoisotopic (exact) mass is 401 g/mol. The van der Waals surface area contributed by atoms with Gasteiger partial charge >= 0.3 is 0 Å². The van der Waals surface area contributed by atoms with E-state index in [-0.39, 0.29) is 11.8 Å². The number of aryl methyl sites for hydroxylation is 1. The molecule has 1 amide bonds. The Morgan fingerprint density at radius 2 is 1.83 bits per heavy atom. The molecule has 2 aromatic carbocycles. The smallest absolute Gasteiger partial charge is 0.256 e. The Hall–Kier alpha value is -3.87. The average Bonchev–Trinajstić information content (AvgIpc) is 3.21. The summed E-state index contributed by atoms with van der Waals surface area (Å²) in [5.41, 5.74) is 4.38. The van der Waals surface area contributed by atoms with E-state index in [9.17, 15) is 9.90 Å². The lowest BCUT2D eigenvalue weighted by Crippen LogP contribution is -2.25. The number of rotatable bonds is 6. The molecule has 0 atom stereocenters. The Bertz CT molecular complexity index is 1170. The van der Waals surface area contributed by atoms with Crippen LogP contribution >= 0.6 is 0 Å². The van der Waals surface area contributed by atoms with Gasteiger partial charge in [0, 0.05) is 19.3 Å². The minimum absolute atomic E-state index is 0.0786. The van der Waals surface area contributed by atoms with Crippen molar-refractivity contribution in [3.8, 4) is 5.88 Å². The number of hydrogen-bond acceptors (Lipinski definition) is 5. The van der Waals surface area contributed by atoms with Crippen LogP contribution in [0.1, 0.15) is 21.5 Å². The number of nitrogens with one attached hydrogen (secondary N) is 1. The van der Waals surface area contributed by atoms with E-state index in [1.54, 1.807) is 6.20 Å². The number of nitrogens with zero attached hydrogens (tertiary/aromatic N) is 4. The first-order chi connectivity index (χ1) is 14.5. The van der Waals surface area contributed by atoms with Gasteiger partial charge in [-0.05, 0) is 31.0 Å². The van der Waals surface area contributed by atoms with Crippen LogP contribution in [-0.4, -0.2) is 39.2 Å². The lowest BCUT2D eigenvalue weighted by atomic mass is 10.1.